The summed E-state index contributed by atoms with van der Waals surface area (Å²) in [5, 5.41) is 4.14. The Morgan fingerprint density at radius 2 is 1.95 bits per heavy atom. The monoisotopic (exact) mass is 367 g/mol. The van der Waals surface area contributed by atoms with E-state index in [1.807, 2.05) is 31.2 Å². The Bertz CT molecular complexity index is 628. The van der Waals surface area contributed by atoms with E-state index in [0.29, 0.717) is 6.04 Å². The van der Waals surface area contributed by atoms with E-state index in [2.05, 4.69) is 47.2 Å². The van der Waals surface area contributed by atoms with Gasteiger partial charge in [0.2, 0.25) is 0 Å². The standard InChI is InChI=1S/C17H19BrClNO/c1-11(2)20-10-13-4-7-17(15(18)9-13)21-14-5-6-16(19)12(3)8-14/h4-9,11,20H,10H2,1-3H3. The summed E-state index contributed by atoms with van der Waals surface area (Å²) in [5.41, 5.74) is 2.22. The normalized spacial score (nSPS) is 11.0. The van der Waals surface area contributed by atoms with Crippen molar-refractivity contribution in [1.29, 1.82) is 0 Å². The minimum atomic E-state index is 0.469. The maximum atomic E-state index is 6.02. The Morgan fingerprint density at radius 3 is 2.57 bits per heavy atom. The molecule has 0 fully saturated rings. The predicted molar refractivity (Wildman–Crippen MR) is 92.4 cm³/mol. The molecular formula is C17H19BrClNO. The van der Waals surface area contributed by atoms with Gasteiger partial charge in [-0.15, -0.1) is 0 Å². The molecule has 2 rings (SSSR count). The van der Waals surface area contributed by atoms with E-state index in [4.69, 9.17) is 16.3 Å². The number of nitrogens with one attached hydrogen (secondary N) is 1. The second kappa shape index (κ2) is 7.30. The van der Waals surface area contributed by atoms with Crippen LogP contribution < -0.4 is 10.1 Å². The fourth-order valence-corrected chi connectivity index (χ4v) is 2.49. The number of aryl methyl sites for hydroxylation is 1. The Balaban J connectivity index is 2.11. The van der Waals surface area contributed by atoms with Crippen LogP contribution in [0.2, 0.25) is 5.02 Å². The molecule has 0 bridgehead atoms. The number of hydrogen-bond donors (Lipinski definition) is 1. The third kappa shape index (κ3) is 4.73. The molecule has 0 radical (unpaired) electrons. The summed E-state index contributed by atoms with van der Waals surface area (Å²) in [6.45, 7) is 7.08. The van der Waals surface area contributed by atoms with Gasteiger partial charge < -0.3 is 10.1 Å². The van der Waals surface area contributed by atoms with Gasteiger partial charge in [-0.1, -0.05) is 31.5 Å². The molecule has 2 nitrogen and oxygen atoms in total. The lowest BCUT2D eigenvalue weighted by Crippen LogP contribution is -2.21. The molecule has 0 saturated heterocycles. The molecule has 0 aliphatic heterocycles. The lowest BCUT2D eigenvalue weighted by Gasteiger charge is -2.12. The van der Waals surface area contributed by atoms with Crippen molar-refractivity contribution < 1.29 is 4.74 Å². The van der Waals surface area contributed by atoms with E-state index in [9.17, 15) is 0 Å². The van der Waals surface area contributed by atoms with Crippen molar-refractivity contribution in [2.45, 2.75) is 33.4 Å². The number of ether oxygens (including phenoxy) is 1. The van der Waals surface area contributed by atoms with Gasteiger partial charge in [0.1, 0.15) is 11.5 Å². The predicted octanol–water partition coefficient (Wildman–Crippen LogP) is 5.70. The van der Waals surface area contributed by atoms with Crippen molar-refractivity contribution in [3.63, 3.8) is 0 Å². The van der Waals surface area contributed by atoms with Crippen molar-refractivity contribution in [3.8, 4) is 11.5 Å². The van der Waals surface area contributed by atoms with Gasteiger partial charge in [-0.3, -0.25) is 0 Å². The van der Waals surface area contributed by atoms with Crippen LogP contribution >= 0.6 is 27.5 Å². The Morgan fingerprint density at radius 1 is 1.19 bits per heavy atom. The Labute approximate surface area is 139 Å². The fourth-order valence-electron chi connectivity index (χ4n) is 1.87. The molecule has 112 valence electrons. The summed E-state index contributed by atoms with van der Waals surface area (Å²) in [4.78, 5) is 0. The molecule has 0 saturated carbocycles. The highest BCUT2D eigenvalue weighted by Crippen LogP contribution is 2.32. The first-order valence-electron chi connectivity index (χ1n) is 6.91. The third-order valence-corrected chi connectivity index (χ3v) is 4.11. The third-order valence-electron chi connectivity index (χ3n) is 3.07. The molecule has 4 heteroatoms. The highest BCUT2D eigenvalue weighted by molar-refractivity contribution is 9.10. The summed E-state index contributed by atoms with van der Waals surface area (Å²) in [7, 11) is 0. The summed E-state index contributed by atoms with van der Waals surface area (Å²) in [6.07, 6.45) is 0. The number of hydrogen-bond acceptors (Lipinski definition) is 2. The largest absolute Gasteiger partial charge is 0.456 e. The van der Waals surface area contributed by atoms with Crippen molar-refractivity contribution in [2.24, 2.45) is 0 Å². The zero-order valence-corrected chi connectivity index (χ0v) is 14.8. The van der Waals surface area contributed by atoms with E-state index >= 15 is 0 Å². The SMILES string of the molecule is Cc1cc(Oc2ccc(CNC(C)C)cc2Br)ccc1Cl. The van der Waals surface area contributed by atoms with Gasteiger partial charge in [0, 0.05) is 17.6 Å². The summed E-state index contributed by atoms with van der Waals surface area (Å²) < 4.78 is 6.84. The second-order valence-corrected chi connectivity index (χ2v) is 6.57. The Hall–Kier alpha value is -1.03. The second-order valence-electron chi connectivity index (χ2n) is 5.31. The highest BCUT2D eigenvalue weighted by Gasteiger charge is 2.06. The van der Waals surface area contributed by atoms with Crippen LogP contribution in [-0.2, 0) is 6.54 Å². The van der Waals surface area contributed by atoms with E-state index in [1.165, 1.54) is 5.56 Å². The smallest absolute Gasteiger partial charge is 0.141 e. The first-order valence-corrected chi connectivity index (χ1v) is 8.08. The lowest BCUT2D eigenvalue weighted by molar-refractivity contribution is 0.478. The van der Waals surface area contributed by atoms with E-state index in [-0.39, 0.29) is 0 Å². The van der Waals surface area contributed by atoms with E-state index in [0.717, 1.165) is 33.1 Å². The number of rotatable bonds is 5. The molecule has 1 N–H and O–H groups in total. The van der Waals surface area contributed by atoms with Crippen molar-refractivity contribution >= 4 is 27.5 Å². The molecule has 0 aromatic heterocycles. The average Bonchev–Trinajstić information content (AvgIpc) is 2.43. The van der Waals surface area contributed by atoms with Gasteiger partial charge in [0.05, 0.1) is 4.47 Å². The number of benzene rings is 2. The van der Waals surface area contributed by atoms with Crippen LogP contribution in [0.1, 0.15) is 25.0 Å². The average molecular weight is 369 g/mol. The molecule has 2 aromatic rings. The fraction of sp³-hybridized carbons (Fsp3) is 0.294. The van der Waals surface area contributed by atoms with Crippen LogP contribution in [0, 0.1) is 6.92 Å². The molecule has 0 unspecified atom stereocenters. The summed E-state index contributed by atoms with van der Waals surface area (Å²) >= 11 is 9.59. The quantitative estimate of drug-likeness (QED) is 0.730. The Kier molecular flexibility index (Phi) is 5.68. The molecular weight excluding hydrogens is 350 g/mol. The first-order chi connectivity index (χ1) is 9.95. The van der Waals surface area contributed by atoms with Gasteiger partial charge in [-0.25, -0.2) is 0 Å². The topological polar surface area (TPSA) is 21.3 Å². The zero-order chi connectivity index (χ0) is 15.4. The van der Waals surface area contributed by atoms with Crippen molar-refractivity contribution in [3.05, 3.63) is 57.0 Å². The van der Waals surface area contributed by atoms with Crippen LogP contribution in [0.5, 0.6) is 11.5 Å². The van der Waals surface area contributed by atoms with Crippen LogP contribution in [-0.4, -0.2) is 6.04 Å². The van der Waals surface area contributed by atoms with Crippen LogP contribution in [0.25, 0.3) is 0 Å². The van der Waals surface area contributed by atoms with E-state index < -0.39 is 0 Å². The summed E-state index contributed by atoms with van der Waals surface area (Å²) in [5.74, 6) is 1.58. The van der Waals surface area contributed by atoms with Gasteiger partial charge in [-0.2, -0.15) is 0 Å². The zero-order valence-electron chi connectivity index (χ0n) is 12.4. The minimum Gasteiger partial charge on any atom is -0.456 e. The molecule has 0 amide bonds. The van der Waals surface area contributed by atoms with Crippen molar-refractivity contribution in [1.82, 2.24) is 5.32 Å². The lowest BCUT2D eigenvalue weighted by atomic mass is 10.2. The molecule has 2 aromatic carbocycles. The maximum Gasteiger partial charge on any atom is 0.141 e. The number of halogens is 2. The molecule has 21 heavy (non-hydrogen) atoms. The maximum absolute atomic E-state index is 6.02. The van der Waals surface area contributed by atoms with Gasteiger partial charge in [0.15, 0.2) is 0 Å². The molecule has 0 aliphatic rings. The minimum absolute atomic E-state index is 0.469. The van der Waals surface area contributed by atoms with Crippen LogP contribution in [0.3, 0.4) is 0 Å². The molecule has 0 spiro atoms. The van der Waals surface area contributed by atoms with Crippen molar-refractivity contribution in [2.75, 3.05) is 0 Å². The van der Waals surface area contributed by atoms with Gasteiger partial charge in [-0.05, 0) is 64.3 Å². The molecule has 0 atom stereocenters. The van der Waals surface area contributed by atoms with E-state index in [1.54, 1.807) is 0 Å². The van der Waals surface area contributed by atoms with Crippen LogP contribution in [0.15, 0.2) is 40.9 Å². The highest BCUT2D eigenvalue weighted by atomic mass is 79.9. The molecule has 0 heterocycles. The van der Waals surface area contributed by atoms with Gasteiger partial charge >= 0.3 is 0 Å². The summed E-state index contributed by atoms with van der Waals surface area (Å²) in [6, 6.07) is 12.2. The first kappa shape index (κ1) is 16.3. The molecule has 0 aliphatic carbocycles. The van der Waals surface area contributed by atoms with Crippen LogP contribution in [0.4, 0.5) is 0 Å². The van der Waals surface area contributed by atoms with Gasteiger partial charge in [0.25, 0.3) is 0 Å².